The number of aromatic nitrogens is 2. The minimum Gasteiger partial charge on any atom is -0.504 e. The van der Waals surface area contributed by atoms with E-state index in [4.69, 9.17) is 9.47 Å². The van der Waals surface area contributed by atoms with Gasteiger partial charge in [0.05, 0.1) is 23.6 Å². The van der Waals surface area contributed by atoms with Crippen molar-refractivity contribution in [2.45, 2.75) is 6.92 Å². The summed E-state index contributed by atoms with van der Waals surface area (Å²) in [6.07, 6.45) is 2.08. The highest BCUT2D eigenvalue weighted by molar-refractivity contribution is 5.95. The lowest BCUT2D eigenvalue weighted by atomic mass is 10.1. The summed E-state index contributed by atoms with van der Waals surface area (Å²) in [6.45, 7) is 1.79. The Labute approximate surface area is 187 Å². The Bertz CT molecular complexity index is 1400. The molecule has 3 N–H and O–H groups in total. The van der Waals surface area contributed by atoms with E-state index in [-0.39, 0.29) is 34.8 Å². The van der Waals surface area contributed by atoms with Crippen molar-refractivity contribution >= 4 is 28.7 Å². The molecule has 9 heteroatoms. The van der Waals surface area contributed by atoms with Crippen LogP contribution < -0.4 is 15.5 Å². The van der Waals surface area contributed by atoms with Gasteiger partial charge in [0, 0.05) is 41.0 Å². The van der Waals surface area contributed by atoms with Gasteiger partial charge in [0.25, 0.3) is 0 Å². The molecule has 0 aliphatic heterocycles. The zero-order valence-corrected chi connectivity index (χ0v) is 17.5. The highest BCUT2D eigenvalue weighted by Crippen LogP contribution is 2.38. The number of para-hydroxylation sites is 1. The number of pyridine rings is 2. The Morgan fingerprint density at radius 2 is 1.94 bits per heavy atom. The summed E-state index contributed by atoms with van der Waals surface area (Å²) in [5.41, 5.74) is 1.31. The zero-order chi connectivity index (χ0) is 23.4. The Kier molecular flexibility index (Phi) is 6.03. The molecule has 0 saturated carbocycles. The summed E-state index contributed by atoms with van der Waals surface area (Å²) >= 11 is 0. The highest BCUT2D eigenvalue weighted by atomic mass is 16.5. The molecule has 0 saturated heterocycles. The lowest BCUT2D eigenvalue weighted by Gasteiger charge is -2.15. The average molecular weight is 445 g/mol. The Balaban J connectivity index is 1.79. The van der Waals surface area contributed by atoms with Crippen molar-refractivity contribution in [3.8, 4) is 22.8 Å². The molecule has 0 spiro atoms. The monoisotopic (exact) mass is 445 g/mol. The number of hydrogen-bond donors (Lipinski definition) is 3. The van der Waals surface area contributed by atoms with Gasteiger partial charge in [-0.3, -0.25) is 15.1 Å². The molecule has 2 heterocycles. The number of fused-ring (bicyclic) bond motifs is 1. The van der Waals surface area contributed by atoms with Crippen molar-refractivity contribution in [2.75, 3.05) is 11.9 Å². The molecule has 0 aliphatic rings. The number of esters is 1. The standard InChI is InChI=1S/C24H19N3O6/c1-2-32-24(31)27-19-12-22(33-23(30)14-6-5-9-25-13-14)21(29)10-16(19)18-11-20(28)15-7-3-4-8-17(15)26-18/h3-13,29H,2H2,1H3,(H,26,28)(H,27,31). The van der Waals surface area contributed by atoms with Crippen LogP contribution in [-0.2, 0) is 4.74 Å². The Hall–Kier alpha value is -4.66. The van der Waals surface area contributed by atoms with Gasteiger partial charge in [0.2, 0.25) is 0 Å². The van der Waals surface area contributed by atoms with Gasteiger partial charge in [-0.25, -0.2) is 9.59 Å². The second-order valence-electron chi connectivity index (χ2n) is 6.94. The number of rotatable bonds is 5. The predicted molar refractivity (Wildman–Crippen MR) is 122 cm³/mol. The van der Waals surface area contributed by atoms with Gasteiger partial charge < -0.3 is 19.6 Å². The van der Waals surface area contributed by atoms with Crippen molar-refractivity contribution in [3.05, 3.63) is 82.8 Å². The second kappa shape index (κ2) is 9.23. The number of aromatic amines is 1. The van der Waals surface area contributed by atoms with E-state index in [0.717, 1.165) is 0 Å². The van der Waals surface area contributed by atoms with Crippen LogP contribution in [0.5, 0.6) is 11.5 Å². The van der Waals surface area contributed by atoms with E-state index in [0.29, 0.717) is 22.2 Å². The fourth-order valence-electron chi connectivity index (χ4n) is 3.24. The van der Waals surface area contributed by atoms with E-state index in [1.54, 1.807) is 37.3 Å². The molecule has 0 aliphatic carbocycles. The van der Waals surface area contributed by atoms with Crippen molar-refractivity contribution in [1.82, 2.24) is 9.97 Å². The number of hydrogen-bond acceptors (Lipinski definition) is 7. The van der Waals surface area contributed by atoms with Crippen LogP contribution >= 0.6 is 0 Å². The number of anilines is 1. The molecule has 0 bridgehead atoms. The Morgan fingerprint density at radius 1 is 1.12 bits per heavy atom. The van der Waals surface area contributed by atoms with Crippen molar-refractivity contribution in [2.24, 2.45) is 0 Å². The van der Waals surface area contributed by atoms with Crippen LogP contribution in [-0.4, -0.2) is 33.7 Å². The first kappa shape index (κ1) is 21.6. The van der Waals surface area contributed by atoms with Gasteiger partial charge in [-0.15, -0.1) is 0 Å². The molecule has 9 nitrogen and oxygen atoms in total. The first-order chi connectivity index (χ1) is 16.0. The number of benzene rings is 2. The summed E-state index contributed by atoms with van der Waals surface area (Å²) in [7, 11) is 0. The van der Waals surface area contributed by atoms with Crippen molar-refractivity contribution in [1.29, 1.82) is 0 Å². The normalized spacial score (nSPS) is 10.6. The molecule has 166 valence electrons. The first-order valence-corrected chi connectivity index (χ1v) is 10.0. The summed E-state index contributed by atoms with van der Waals surface area (Å²) in [5.74, 6) is -1.31. The molecule has 2 aromatic carbocycles. The summed E-state index contributed by atoms with van der Waals surface area (Å²) in [4.78, 5) is 44.1. The lowest BCUT2D eigenvalue weighted by Crippen LogP contribution is -2.15. The zero-order valence-electron chi connectivity index (χ0n) is 17.5. The van der Waals surface area contributed by atoms with Crippen LogP contribution in [0.3, 0.4) is 0 Å². The van der Waals surface area contributed by atoms with Crippen LogP contribution in [0.2, 0.25) is 0 Å². The van der Waals surface area contributed by atoms with E-state index < -0.39 is 12.1 Å². The van der Waals surface area contributed by atoms with E-state index in [1.807, 2.05) is 0 Å². The minimum absolute atomic E-state index is 0.134. The van der Waals surface area contributed by atoms with Gasteiger partial charge in [-0.1, -0.05) is 12.1 Å². The topological polar surface area (TPSA) is 131 Å². The summed E-state index contributed by atoms with van der Waals surface area (Å²) in [5, 5.41) is 13.6. The summed E-state index contributed by atoms with van der Waals surface area (Å²) < 4.78 is 10.3. The smallest absolute Gasteiger partial charge is 0.411 e. The molecule has 33 heavy (non-hydrogen) atoms. The van der Waals surface area contributed by atoms with Crippen LogP contribution in [0.4, 0.5) is 10.5 Å². The van der Waals surface area contributed by atoms with E-state index in [2.05, 4.69) is 15.3 Å². The Morgan fingerprint density at radius 3 is 2.70 bits per heavy atom. The lowest BCUT2D eigenvalue weighted by molar-refractivity contribution is 0.0729. The van der Waals surface area contributed by atoms with Crippen LogP contribution in [0, 0.1) is 0 Å². The second-order valence-corrected chi connectivity index (χ2v) is 6.94. The minimum atomic E-state index is -0.753. The maximum atomic E-state index is 12.6. The molecule has 1 amide bonds. The van der Waals surface area contributed by atoms with Gasteiger partial charge in [0.1, 0.15) is 0 Å². The van der Waals surface area contributed by atoms with E-state index in [9.17, 15) is 19.5 Å². The molecule has 2 aromatic heterocycles. The molecule has 0 radical (unpaired) electrons. The number of nitrogens with zero attached hydrogens (tertiary/aromatic N) is 1. The van der Waals surface area contributed by atoms with Crippen molar-refractivity contribution < 1.29 is 24.2 Å². The molecule has 0 atom stereocenters. The number of aromatic hydroxyl groups is 1. The molecule has 4 rings (SSSR count). The number of amides is 1. The third kappa shape index (κ3) is 4.67. The first-order valence-electron chi connectivity index (χ1n) is 10.0. The number of phenolic OH excluding ortho intramolecular Hbond substituents is 1. The number of ether oxygens (including phenoxy) is 2. The van der Waals surface area contributed by atoms with Crippen LogP contribution in [0.15, 0.2) is 71.8 Å². The van der Waals surface area contributed by atoms with Gasteiger partial charge in [-0.2, -0.15) is 0 Å². The van der Waals surface area contributed by atoms with Crippen LogP contribution in [0.25, 0.3) is 22.2 Å². The SMILES string of the molecule is CCOC(=O)Nc1cc(OC(=O)c2cccnc2)c(O)cc1-c1cc(=O)c2ccccc2[nH]1. The van der Waals surface area contributed by atoms with Crippen LogP contribution in [0.1, 0.15) is 17.3 Å². The molecule has 4 aromatic rings. The third-order valence-electron chi connectivity index (χ3n) is 4.74. The van der Waals surface area contributed by atoms with Gasteiger partial charge >= 0.3 is 12.1 Å². The fourth-order valence-corrected chi connectivity index (χ4v) is 3.24. The molecule has 0 unspecified atom stereocenters. The average Bonchev–Trinajstić information content (AvgIpc) is 2.81. The van der Waals surface area contributed by atoms with E-state index in [1.165, 1.54) is 36.7 Å². The fraction of sp³-hybridized carbons (Fsp3) is 0.0833. The van der Waals surface area contributed by atoms with E-state index >= 15 is 0 Å². The number of nitrogens with one attached hydrogen (secondary N) is 2. The molecule has 0 fully saturated rings. The number of carbonyl (C=O) groups is 2. The summed E-state index contributed by atoms with van der Waals surface area (Å²) in [6, 6.07) is 14.0. The molecular weight excluding hydrogens is 426 g/mol. The van der Waals surface area contributed by atoms with Gasteiger partial charge in [0.15, 0.2) is 16.9 Å². The predicted octanol–water partition coefficient (Wildman–Crippen LogP) is 4.08. The molecular formula is C24H19N3O6. The maximum Gasteiger partial charge on any atom is 0.411 e. The third-order valence-corrected chi connectivity index (χ3v) is 4.74. The number of phenols is 1. The largest absolute Gasteiger partial charge is 0.504 e. The maximum absolute atomic E-state index is 12.6. The van der Waals surface area contributed by atoms with Gasteiger partial charge in [-0.05, 0) is 37.3 Å². The quantitative estimate of drug-likeness (QED) is 0.240. The van der Waals surface area contributed by atoms with Crippen molar-refractivity contribution in [3.63, 3.8) is 0 Å². The number of carbonyl (C=O) groups excluding carboxylic acids is 2. The number of H-pyrrole nitrogens is 1. The highest BCUT2D eigenvalue weighted by Gasteiger charge is 2.19.